The van der Waals surface area contributed by atoms with Crippen molar-refractivity contribution >= 4 is 28.7 Å². The quantitative estimate of drug-likeness (QED) is 0.530. The van der Waals surface area contributed by atoms with Gasteiger partial charge in [-0.15, -0.1) is 0 Å². The number of carbonyl (C=O) groups excluding carboxylic acids is 3. The fourth-order valence-corrected chi connectivity index (χ4v) is 3.24. The Morgan fingerprint density at radius 1 is 1.04 bits per heavy atom. The summed E-state index contributed by atoms with van der Waals surface area (Å²) >= 11 is 0. The third kappa shape index (κ3) is 3.19. The smallest absolute Gasteiger partial charge is 0.375 e. The summed E-state index contributed by atoms with van der Waals surface area (Å²) < 4.78 is 15.7. The van der Waals surface area contributed by atoms with E-state index < -0.39 is 23.8 Å². The molecule has 1 atom stereocenters. The number of H-pyrrole nitrogens is 1. The van der Waals surface area contributed by atoms with Crippen LogP contribution in [0.4, 0.5) is 0 Å². The number of Topliss-reactive ketones (excluding diaryl/α,β-unsaturated/α-hetero) is 1. The van der Waals surface area contributed by atoms with E-state index in [1.807, 2.05) is 18.2 Å². The highest BCUT2D eigenvalue weighted by atomic mass is 16.6. The first-order valence-corrected chi connectivity index (χ1v) is 8.77. The standard InChI is InChI=1S/C21H21NO6/c1-10-14-8-6-7-9-15(14)28-19(10)21(25)27-13(4)18(23)17-11(2)16(12(3)22-17)20(24)26-5/h6-9,13,22H,1-5H3/t13-/m1/s1. The van der Waals surface area contributed by atoms with Crippen LogP contribution < -0.4 is 0 Å². The number of fused-ring (bicyclic) bond motifs is 1. The number of methoxy groups -OCH3 is 1. The minimum atomic E-state index is -1.07. The van der Waals surface area contributed by atoms with Gasteiger partial charge in [-0.25, -0.2) is 9.59 Å². The summed E-state index contributed by atoms with van der Waals surface area (Å²) in [4.78, 5) is 40.1. The van der Waals surface area contributed by atoms with Crippen LogP contribution >= 0.6 is 0 Å². The van der Waals surface area contributed by atoms with Crippen molar-refractivity contribution in [3.63, 3.8) is 0 Å². The molecule has 0 saturated carbocycles. The topological polar surface area (TPSA) is 98.6 Å². The lowest BCUT2D eigenvalue weighted by atomic mass is 10.1. The molecule has 2 heterocycles. The molecule has 0 aliphatic rings. The molecule has 0 spiro atoms. The maximum atomic E-state index is 12.8. The predicted octanol–water partition coefficient (Wildman–Crippen LogP) is 3.90. The van der Waals surface area contributed by atoms with Gasteiger partial charge in [-0.2, -0.15) is 0 Å². The molecule has 1 N–H and O–H groups in total. The van der Waals surface area contributed by atoms with E-state index >= 15 is 0 Å². The number of aromatic amines is 1. The number of esters is 2. The number of aromatic nitrogens is 1. The number of hydrogen-bond acceptors (Lipinski definition) is 6. The van der Waals surface area contributed by atoms with Gasteiger partial charge in [0.2, 0.25) is 11.5 Å². The molecular formula is C21H21NO6. The molecule has 3 aromatic rings. The molecule has 0 aliphatic carbocycles. The summed E-state index contributed by atoms with van der Waals surface area (Å²) in [6, 6.07) is 7.26. The van der Waals surface area contributed by atoms with Crippen LogP contribution in [-0.4, -0.2) is 35.9 Å². The van der Waals surface area contributed by atoms with Crippen molar-refractivity contribution in [2.24, 2.45) is 0 Å². The van der Waals surface area contributed by atoms with Gasteiger partial charge in [0.05, 0.1) is 18.4 Å². The molecular weight excluding hydrogens is 362 g/mol. The van der Waals surface area contributed by atoms with Gasteiger partial charge in [0, 0.05) is 16.6 Å². The van der Waals surface area contributed by atoms with E-state index in [1.165, 1.54) is 14.0 Å². The predicted molar refractivity (Wildman–Crippen MR) is 102 cm³/mol. The lowest BCUT2D eigenvalue weighted by Crippen LogP contribution is -2.25. The summed E-state index contributed by atoms with van der Waals surface area (Å²) in [5.74, 6) is -1.63. The molecule has 3 rings (SSSR count). The summed E-state index contributed by atoms with van der Waals surface area (Å²) in [5.41, 5.74) is 2.71. The van der Waals surface area contributed by atoms with Crippen molar-refractivity contribution < 1.29 is 28.3 Å². The number of ether oxygens (including phenoxy) is 2. The molecule has 0 fully saturated rings. The van der Waals surface area contributed by atoms with E-state index in [0.717, 1.165) is 5.39 Å². The first-order valence-electron chi connectivity index (χ1n) is 8.77. The fraction of sp³-hybridized carbons (Fsp3) is 0.286. The molecule has 0 radical (unpaired) electrons. The average Bonchev–Trinajstić information content (AvgIpc) is 3.17. The van der Waals surface area contributed by atoms with Gasteiger partial charge >= 0.3 is 11.9 Å². The average molecular weight is 383 g/mol. The Bertz CT molecular complexity index is 1090. The molecule has 0 aliphatic heterocycles. The van der Waals surface area contributed by atoms with Crippen molar-refractivity contribution in [1.29, 1.82) is 0 Å². The van der Waals surface area contributed by atoms with Crippen LogP contribution in [0.5, 0.6) is 0 Å². The third-order valence-electron chi connectivity index (χ3n) is 4.76. The molecule has 2 aromatic heterocycles. The number of ketones is 1. The van der Waals surface area contributed by atoms with Crippen molar-refractivity contribution in [2.45, 2.75) is 33.8 Å². The largest absolute Gasteiger partial charge is 0.465 e. The highest BCUT2D eigenvalue weighted by molar-refractivity contribution is 6.05. The number of furan rings is 1. The molecule has 0 saturated heterocycles. The van der Waals surface area contributed by atoms with Gasteiger partial charge in [-0.3, -0.25) is 4.79 Å². The lowest BCUT2D eigenvalue weighted by Gasteiger charge is -2.11. The summed E-state index contributed by atoms with van der Waals surface area (Å²) in [5, 5.41) is 0.812. The van der Waals surface area contributed by atoms with Gasteiger partial charge in [0.1, 0.15) is 5.58 Å². The zero-order valence-electron chi connectivity index (χ0n) is 16.3. The minimum absolute atomic E-state index is 0.0653. The normalized spacial score (nSPS) is 12.0. The van der Waals surface area contributed by atoms with Crippen molar-refractivity contribution in [3.8, 4) is 0 Å². The molecule has 0 bridgehead atoms. The summed E-state index contributed by atoms with van der Waals surface area (Å²) in [6.45, 7) is 6.55. The van der Waals surface area contributed by atoms with Crippen LogP contribution in [0.3, 0.4) is 0 Å². The van der Waals surface area contributed by atoms with E-state index in [1.54, 1.807) is 26.8 Å². The van der Waals surface area contributed by atoms with E-state index in [9.17, 15) is 14.4 Å². The van der Waals surface area contributed by atoms with E-state index in [4.69, 9.17) is 13.9 Å². The molecule has 146 valence electrons. The highest BCUT2D eigenvalue weighted by Gasteiger charge is 2.29. The number of rotatable bonds is 5. The van der Waals surface area contributed by atoms with Gasteiger partial charge in [-0.05, 0) is 39.3 Å². The van der Waals surface area contributed by atoms with Gasteiger partial charge in [-0.1, -0.05) is 18.2 Å². The lowest BCUT2D eigenvalue weighted by molar-refractivity contribution is 0.0288. The maximum Gasteiger partial charge on any atom is 0.375 e. The molecule has 0 amide bonds. The highest BCUT2D eigenvalue weighted by Crippen LogP contribution is 2.26. The Labute approximate surface area is 161 Å². The zero-order valence-corrected chi connectivity index (χ0v) is 16.3. The van der Waals surface area contributed by atoms with Crippen molar-refractivity contribution in [3.05, 3.63) is 58.1 Å². The third-order valence-corrected chi connectivity index (χ3v) is 4.76. The van der Waals surface area contributed by atoms with Crippen molar-refractivity contribution in [2.75, 3.05) is 7.11 Å². The second-order valence-electron chi connectivity index (χ2n) is 6.58. The van der Waals surface area contributed by atoms with Crippen LogP contribution in [0.15, 0.2) is 28.7 Å². The fourth-order valence-electron chi connectivity index (χ4n) is 3.24. The second kappa shape index (κ2) is 7.34. The van der Waals surface area contributed by atoms with Gasteiger partial charge in [0.15, 0.2) is 6.10 Å². The van der Waals surface area contributed by atoms with Crippen molar-refractivity contribution in [1.82, 2.24) is 4.98 Å². The number of nitrogens with one attached hydrogen (secondary N) is 1. The Morgan fingerprint density at radius 3 is 2.36 bits per heavy atom. The van der Waals surface area contributed by atoms with E-state index in [-0.39, 0.29) is 11.5 Å². The number of aryl methyl sites for hydroxylation is 2. The first kappa shape index (κ1) is 19.4. The Balaban J connectivity index is 1.83. The number of carbonyl (C=O) groups is 3. The Morgan fingerprint density at radius 2 is 1.71 bits per heavy atom. The van der Waals surface area contributed by atoms with Crippen LogP contribution in [0.25, 0.3) is 11.0 Å². The summed E-state index contributed by atoms with van der Waals surface area (Å²) in [7, 11) is 1.27. The molecule has 28 heavy (non-hydrogen) atoms. The van der Waals surface area contributed by atoms with Crippen LogP contribution in [-0.2, 0) is 9.47 Å². The molecule has 1 aromatic carbocycles. The minimum Gasteiger partial charge on any atom is -0.465 e. The second-order valence-corrected chi connectivity index (χ2v) is 6.58. The van der Waals surface area contributed by atoms with Crippen LogP contribution in [0.2, 0.25) is 0 Å². The molecule has 7 heteroatoms. The van der Waals surface area contributed by atoms with Crippen LogP contribution in [0.1, 0.15) is 55.1 Å². The molecule has 0 unspecified atom stereocenters. The number of para-hydroxylation sites is 1. The zero-order chi connectivity index (χ0) is 20.6. The SMILES string of the molecule is COC(=O)c1c(C)[nH]c(C(=O)[C@@H](C)OC(=O)c2oc3ccccc3c2C)c1C. The first-order chi connectivity index (χ1) is 13.3. The van der Waals surface area contributed by atoms with E-state index in [0.29, 0.717) is 28.0 Å². The van der Waals surface area contributed by atoms with Gasteiger partial charge < -0.3 is 18.9 Å². The number of hydrogen-bond donors (Lipinski definition) is 1. The maximum absolute atomic E-state index is 12.8. The van der Waals surface area contributed by atoms with E-state index in [2.05, 4.69) is 4.98 Å². The number of benzene rings is 1. The van der Waals surface area contributed by atoms with Gasteiger partial charge in [0.25, 0.3) is 0 Å². The Hall–Kier alpha value is -3.35. The van der Waals surface area contributed by atoms with Crippen LogP contribution in [0, 0.1) is 20.8 Å². The summed E-state index contributed by atoms with van der Waals surface area (Å²) in [6.07, 6.45) is -1.07. The Kier molecular flexibility index (Phi) is 5.09. The molecule has 7 nitrogen and oxygen atoms in total. The monoisotopic (exact) mass is 383 g/mol.